The van der Waals surface area contributed by atoms with E-state index < -0.39 is 11.8 Å². The second-order valence-corrected chi connectivity index (χ2v) is 5.23. The molecule has 0 aliphatic carbocycles. The molecular formula is C15H24N3O2+. The van der Waals surface area contributed by atoms with E-state index in [-0.39, 0.29) is 0 Å². The summed E-state index contributed by atoms with van der Waals surface area (Å²) in [4.78, 5) is 24.4. The Morgan fingerprint density at radius 3 is 2.25 bits per heavy atom. The van der Waals surface area contributed by atoms with Crippen molar-refractivity contribution in [3.63, 3.8) is 0 Å². The predicted molar refractivity (Wildman–Crippen MR) is 78.3 cm³/mol. The van der Waals surface area contributed by atoms with Gasteiger partial charge in [-0.3, -0.25) is 9.59 Å². The third-order valence-electron chi connectivity index (χ3n) is 2.92. The number of amides is 2. The van der Waals surface area contributed by atoms with Crippen molar-refractivity contribution in [2.75, 3.05) is 27.2 Å². The third kappa shape index (κ3) is 6.33. The van der Waals surface area contributed by atoms with E-state index in [9.17, 15) is 9.59 Å². The van der Waals surface area contributed by atoms with Crippen LogP contribution in [0.2, 0.25) is 0 Å². The van der Waals surface area contributed by atoms with E-state index in [2.05, 4.69) is 24.7 Å². The molecular weight excluding hydrogens is 254 g/mol. The highest BCUT2D eigenvalue weighted by atomic mass is 16.2. The smallest absolute Gasteiger partial charge is 0.309 e. The SMILES string of the molecule is Cc1ccc(CNC(=O)C(=O)NCCC[NH+](C)C)cc1. The Morgan fingerprint density at radius 1 is 1.05 bits per heavy atom. The zero-order valence-corrected chi connectivity index (χ0v) is 12.5. The van der Waals surface area contributed by atoms with Crippen molar-refractivity contribution in [1.82, 2.24) is 10.6 Å². The van der Waals surface area contributed by atoms with Crippen molar-refractivity contribution in [3.05, 3.63) is 35.4 Å². The second kappa shape index (κ2) is 8.32. The molecule has 0 aromatic heterocycles. The fraction of sp³-hybridized carbons (Fsp3) is 0.467. The van der Waals surface area contributed by atoms with Crippen LogP contribution in [0.3, 0.4) is 0 Å². The molecule has 110 valence electrons. The summed E-state index contributed by atoms with van der Waals surface area (Å²) >= 11 is 0. The molecule has 1 rings (SSSR count). The summed E-state index contributed by atoms with van der Waals surface area (Å²) in [6, 6.07) is 7.83. The zero-order valence-electron chi connectivity index (χ0n) is 12.5. The van der Waals surface area contributed by atoms with Gasteiger partial charge < -0.3 is 15.5 Å². The number of quaternary nitrogens is 1. The average molecular weight is 278 g/mol. The van der Waals surface area contributed by atoms with Crippen LogP contribution in [0.25, 0.3) is 0 Å². The maximum Gasteiger partial charge on any atom is 0.309 e. The lowest BCUT2D eigenvalue weighted by Gasteiger charge is -2.08. The molecule has 0 saturated heterocycles. The van der Waals surface area contributed by atoms with Gasteiger partial charge in [0.05, 0.1) is 20.6 Å². The quantitative estimate of drug-likeness (QED) is 0.474. The van der Waals surface area contributed by atoms with Gasteiger partial charge in [-0.05, 0) is 12.5 Å². The third-order valence-corrected chi connectivity index (χ3v) is 2.92. The van der Waals surface area contributed by atoms with Crippen LogP contribution in [0.5, 0.6) is 0 Å². The predicted octanol–water partition coefficient (Wildman–Crippen LogP) is -0.738. The molecule has 1 aromatic carbocycles. The average Bonchev–Trinajstić information content (AvgIpc) is 2.42. The summed E-state index contributed by atoms with van der Waals surface area (Å²) in [7, 11) is 4.10. The van der Waals surface area contributed by atoms with Gasteiger partial charge in [-0.25, -0.2) is 0 Å². The van der Waals surface area contributed by atoms with Gasteiger partial charge in [-0.15, -0.1) is 0 Å². The molecule has 0 aliphatic rings. The summed E-state index contributed by atoms with van der Waals surface area (Å²) in [6.45, 7) is 3.87. The molecule has 3 N–H and O–H groups in total. The van der Waals surface area contributed by atoms with Crippen molar-refractivity contribution in [2.45, 2.75) is 19.9 Å². The van der Waals surface area contributed by atoms with Crippen LogP contribution >= 0.6 is 0 Å². The van der Waals surface area contributed by atoms with Crippen LogP contribution < -0.4 is 15.5 Å². The molecule has 1 aromatic rings. The lowest BCUT2D eigenvalue weighted by molar-refractivity contribution is -0.858. The molecule has 0 atom stereocenters. The second-order valence-electron chi connectivity index (χ2n) is 5.23. The van der Waals surface area contributed by atoms with Gasteiger partial charge in [-0.1, -0.05) is 29.8 Å². The fourth-order valence-electron chi connectivity index (χ4n) is 1.69. The molecule has 5 nitrogen and oxygen atoms in total. The molecule has 0 heterocycles. The minimum absolute atomic E-state index is 0.369. The van der Waals surface area contributed by atoms with E-state index >= 15 is 0 Å². The van der Waals surface area contributed by atoms with Gasteiger partial charge in [-0.2, -0.15) is 0 Å². The van der Waals surface area contributed by atoms with Crippen molar-refractivity contribution < 1.29 is 14.5 Å². The standard InChI is InChI=1S/C15H23N3O2/c1-12-5-7-13(8-6-12)11-17-15(20)14(19)16-9-4-10-18(2)3/h5-8H,4,9-11H2,1-3H3,(H,16,19)(H,17,20)/p+1. The number of aryl methyl sites for hydroxylation is 1. The molecule has 5 heteroatoms. The first-order valence-corrected chi connectivity index (χ1v) is 6.89. The Balaban J connectivity index is 2.24. The minimum atomic E-state index is -0.581. The van der Waals surface area contributed by atoms with Gasteiger partial charge in [0.1, 0.15) is 0 Å². The lowest BCUT2D eigenvalue weighted by atomic mass is 10.1. The zero-order chi connectivity index (χ0) is 15.0. The largest absolute Gasteiger partial charge is 0.348 e. The molecule has 2 amide bonds. The van der Waals surface area contributed by atoms with E-state index in [0.29, 0.717) is 13.1 Å². The maximum atomic E-state index is 11.6. The molecule has 0 bridgehead atoms. The molecule has 0 spiro atoms. The first-order chi connectivity index (χ1) is 9.49. The fourth-order valence-corrected chi connectivity index (χ4v) is 1.69. The van der Waals surface area contributed by atoms with E-state index in [1.807, 2.05) is 31.2 Å². The van der Waals surface area contributed by atoms with E-state index in [1.54, 1.807) is 0 Å². The summed E-state index contributed by atoms with van der Waals surface area (Å²) in [5.74, 6) is -1.14. The van der Waals surface area contributed by atoms with E-state index in [4.69, 9.17) is 0 Å². The van der Waals surface area contributed by atoms with Gasteiger partial charge >= 0.3 is 11.8 Å². The van der Waals surface area contributed by atoms with Gasteiger partial charge in [0.2, 0.25) is 0 Å². The highest BCUT2D eigenvalue weighted by molar-refractivity contribution is 6.35. The summed E-state index contributed by atoms with van der Waals surface area (Å²) in [5.41, 5.74) is 2.15. The lowest BCUT2D eigenvalue weighted by Crippen LogP contribution is -3.05. The first kappa shape index (κ1) is 16.2. The van der Waals surface area contributed by atoms with Crippen molar-refractivity contribution in [1.29, 1.82) is 0 Å². The van der Waals surface area contributed by atoms with Gasteiger partial charge in [0, 0.05) is 19.5 Å². The highest BCUT2D eigenvalue weighted by Crippen LogP contribution is 2.02. The van der Waals surface area contributed by atoms with Crippen LogP contribution in [-0.4, -0.2) is 39.0 Å². The van der Waals surface area contributed by atoms with Gasteiger partial charge in [0.15, 0.2) is 0 Å². The Bertz CT molecular complexity index is 441. The number of hydrogen-bond donors (Lipinski definition) is 3. The molecule has 0 unspecified atom stereocenters. The Hall–Kier alpha value is -1.88. The number of carbonyl (C=O) groups excluding carboxylic acids is 2. The van der Waals surface area contributed by atoms with Crippen molar-refractivity contribution in [3.8, 4) is 0 Å². The number of rotatable bonds is 6. The Kier molecular flexibility index (Phi) is 6.73. The highest BCUT2D eigenvalue weighted by Gasteiger charge is 2.12. The summed E-state index contributed by atoms with van der Waals surface area (Å²) < 4.78 is 0. The van der Waals surface area contributed by atoms with Crippen LogP contribution in [0.4, 0.5) is 0 Å². The molecule has 20 heavy (non-hydrogen) atoms. The van der Waals surface area contributed by atoms with Crippen molar-refractivity contribution in [2.24, 2.45) is 0 Å². The topological polar surface area (TPSA) is 62.6 Å². The maximum absolute atomic E-state index is 11.6. The van der Waals surface area contributed by atoms with Crippen LogP contribution in [0.15, 0.2) is 24.3 Å². The molecule has 0 saturated carbocycles. The first-order valence-electron chi connectivity index (χ1n) is 6.89. The Morgan fingerprint density at radius 2 is 1.65 bits per heavy atom. The monoisotopic (exact) mass is 278 g/mol. The van der Waals surface area contributed by atoms with Crippen molar-refractivity contribution >= 4 is 11.8 Å². The molecule has 0 fully saturated rings. The number of hydrogen-bond acceptors (Lipinski definition) is 2. The number of benzene rings is 1. The molecule has 0 aliphatic heterocycles. The number of nitrogens with one attached hydrogen (secondary N) is 3. The summed E-state index contributed by atoms with van der Waals surface area (Å²) in [6.07, 6.45) is 0.860. The van der Waals surface area contributed by atoms with E-state index in [1.165, 1.54) is 10.5 Å². The van der Waals surface area contributed by atoms with Crippen LogP contribution in [0.1, 0.15) is 17.5 Å². The molecule has 0 radical (unpaired) electrons. The van der Waals surface area contributed by atoms with Gasteiger partial charge in [0.25, 0.3) is 0 Å². The normalized spacial score (nSPS) is 10.4. The minimum Gasteiger partial charge on any atom is -0.348 e. The van der Waals surface area contributed by atoms with E-state index in [0.717, 1.165) is 18.5 Å². The Labute approximate surface area is 120 Å². The van der Waals surface area contributed by atoms with Crippen LogP contribution in [-0.2, 0) is 16.1 Å². The summed E-state index contributed by atoms with van der Waals surface area (Å²) in [5, 5.41) is 5.23. The number of carbonyl (C=O) groups is 2. The van der Waals surface area contributed by atoms with Crippen LogP contribution in [0, 0.1) is 6.92 Å².